The van der Waals surface area contributed by atoms with Crippen molar-refractivity contribution in [1.82, 2.24) is 0 Å². The molecule has 1 aromatic rings. The number of hydrogen-bond acceptors (Lipinski definition) is 1. The lowest BCUT2D eigenvalue weighted by atomic mass is 9.65. The second-order valence-corrected chi connectivity index (χ2v) is 10.5. The summed E-state index contributed by atoms with van der Waals surface area (Å²) in [5.41, 5.74) is 1.22. The average molecular weight is 412 g/mol. The Morgan fingerprint density at radius 1 is 0.933 bits per heavy atom. The molecule has 0 bridgehead atoms. The van der Waals surface area contributed by atoms with Gasteiger partial charge in [-0.3, -0.25) is 0 Å². The molecule has 2 aliphatic rings. The van der Waals surface area contributed by atoms with Gasteiger partial charge in [0.05, 0.1) is 5.56 Å². The van der Waals surface area contributed by atoms with Crippen LogP contribution in [0.5, 0.6) is 0 Å². The highest BCUT2D eigenvalue weighted by molar-refractivity contribution is 5.34. The van der Waals surface area contributed by atoms with Crippen LogP contribution in [0.1, 0.15) is 115 Å². The SMILES string of the molecule is CCCCCC1CCC(C(C)C2CCC(C(C)c3ccc(C#N)c(F)c3)CC2)CC1. The second kappa shape index (κ2) is 11.3. The molecule has 0 N–H and O–H groups in total. The van der Waals surface area contributed by atoms with Gasteiger partial charge in [0.25, 0.3) is 0 Å². The lowest BCUT2D eigenvalue weighted by molar-refractivity contribution is 0.118. The Morgan fingerprint density at radius 3 is 2.10 bits per heavy atom. The van der Waals surface area contributed by atoms with Gasteiger partial charge in [-0.2, -0.15) is 5.26 Å². The molecular weight excluding hydrogens is 369 g/mol. The third-order valence-corrected chi connectivity index (χ3v) is 8.76. The van der Waals surface area contributed by atoms with Crippen LogP contribution in [0.2, 0.25) is 0 Å². The summed E-state index contributed by atoms with van der Waals surface area (Å²) >= 11 is 0. The van der Waals surface area contributed by atoms with Crippen molar-refractivity contribution in [2.75, 3.05) is 0 Å². The van der Waals surface area contributed by atoms with Gasteiger partial charge in [-0.25, -0.2) is 4.39 Å². The van der Waals surface area contributed by atoms with E-state index in [4.69, 9.17) is 5.26 Å². The number of nitriles is 1. The van der Waals surface area contributed by atoms with Crippen LogP contribution in [0.3, 0.4) is 0 Å². The molecular formula is C28H42FN. The van der Waals surface area contributed by atoms with Crippen LogP contribution in [-0.4, -0.2) is 0 Å². The van der Waals surface area contributed by atoms with Crippen molar-refractivity contribution in [1.29, 1.82) is 5.26 Å². The Bertz CT molecular complexity index is 689. The molecule has 166 valence electrons. The van der Waals surface area contributed by atoms with Gasteiger partial charge in [0, 0.05) is 0 Å². The number of halogens is 1. The Hall–Kier alpha value is -1.36. The second-order valence-electron chi connectivity index (χ2n) is 10.5. The third-order valence-electron chi connectivity index (χ3n) is 8.76. The first-order chi connectivity index (χ1) is 14.5. The summed E-state index contributed by atoms with van der Waals surface area (Å²) in [6.45, 7) is 7.08. The van der Waals surface area contributed by atoms with Crippen LogP contribution in [0.4, 0.5) is 4.39 Å². The molecule has 2 fully saturated rings. The van der Waals surface area contributed by atoms with Gasteiger partial charge < -0.3 is 0 Å². The minimum atomic E-state index is -0.366. The monoisotopic (exact) mass is 411 g/mol. The molecule has 2 aliphatic carbocycles. The number of benzene rings is 1. The van der Waals surface area contributed by atoms with E-state index in [1.54, 1.807) is 12.1 Å². The first-order valence-corrected chi connectivity index (χ1v) is 12.7. The van der Waals surface area contributed by atoms with E-state index in [1.165, 1.54) is 77.0 Å². The number of unbranched alkanes of at least 4 members (excludes halogenated alkanes) is 2. The molecule has 30 heavy (non-hydrogen) atoms. The normalized spacial score (nSPS) is 29.2. The quantitative estimate of drug-likeness (QED) is 0.393. The molecule has 0 heterocycles. The zero-order valence-electron chi connectivity index (χ0n) is 19.5. The minimum absolute atomic E-state index is 0.156. The Balaban J connectivity index is 1.45. The minimum Gasteiger partial charge on any atom is -0.206 e. The first kappa shape index (κ1) is 23.3. The number of rotatable bonds is 8. The third kappa shape index (κ3) is 5.87. The highest BCUT2D eigenvalue weighted by atomic mass is 19.1. The van der Waals surface area contributed by atoms with E-state index in [0.717, 1.165) is 29.2 Å². The van der Waals surface area contributed by atoms with Crippen LogP contribution in [-0.2, 0) is 0 Å². The standard InChI is InChI=1S/C28H42FN/c1-4-5-6-7-22-8-10-23(11-9-22)20(2)24-12-14-25(15-13-24)21(3)26-16-17-27(19-30)28(29)18-26/h16-18,20-25H,4-15H2,1-3H3. The van der Waals surface area contributed by atoms with Gasteiger partial charge in [-0.1, -0.05) is 65.4 Å². The summed E-state index contributed by atoms with van der Waals surface area (Å²) in [6, 6.07) is 7.13. The number of nitrogens with zero attached hydrogens (tertiary/aromatic N) is 1. The van der Waals surface area contributed by atoms with Gasteiger partial charge >= 0.3 is 0 Å². The number of hydrogen-bond donors (Lipinski definition) is 0. The van der Waals surface area contributed by atoms with E-state index < -0.39 is 0 Å². The summed E-state index contributed by atoms with van der Waals surface area (Å²) in [4.78, 5) is 0. The van der Waals surface area contributed by atoms with E-state index in [1.807, 2.05) is 12.1 Å². The van der Waals surface area contributed by atoms with Crippen molar-refractivity contribution in [3.8, 4) is 6.07 Å². The van der Waals surface area contributed by atoms with Crippen molar-refractivity contribution in [2.24, 2.45) is 29.6 Å². The lowest BCUT2D eigenvalue weighted by Gasteiger charge is -2.40. The Morgan fingerprint density at radius 2 is 1.53 bits per heavy atom. The molecule has 3 rings (SSSR count). The van der Waals surface area contributed by atoms with Crippen LogP contribution in [0, 0.1) is 46.7 Å². The van der Waals surface area contributed by atoms with Crippen LogP contribution in [0.25, 0.3) is 0 Å². The summed E-state index contributed by atoms with van der Waals surface area (Å²) < 4.78 is 14.0. The maximum atomic E-state index is 14.0. The summed E-state index contributed by atoms with van der Waals surface area (Å²) in [6.07, 6.45) is 16.7. The summed E-state index contributed by atoms with van der Waals surface area (Å²) in [7, 11) is 0. The molecule has 0 aliphatic heterocycles. The largest absolute Gasteiger partial charge is 0.206 e. The van der Waals surface area contributed by atoms with Gasteiger partial charge in [0.2, 0.25) is 0 Å². The van der Waals surface area contributed by atoms with E-state index >= 15 is 0 Å². The average Bonchev–Trinajstić information content (AvgIpc) is 2.79. The van der Waals surface area contributed by atoms with E-state index in [0.29, 0.717) is 11.8 Å². The van der Waals surface area contributed by atoms with Gasteiger partial charge in [0.15, 0.2) is 0 Å². The topological polar surface area (TPSA) is 23.8 Å². The molecule has 0 saturated heterocycles. The van der Waals surface area contributed by atoms with Crippen LogP contribution >= 0.6 is 0 Å². The zero-order chi connectivity index (χ0) is 21.5. The maximum absolute atomic E-state index is 14.0. The molecule has 0 radical (unpaired) electrons. The highest BCUT2D eigenvalue weighted by Crippen LogP contribution is 2.45. The van der Waals surface area contributed by atoms with Crippen molar-refractivity contribution < 1.29 is 4.39 Å². The van der Waals surface area contributed by atoms with Gasteiger partial charge in [-0.15, -0.1) is 0 Å². The predicted octanol–water partition coefficient (Wildman–Crippen LogP) is 8.63. The van der Waals surface area contributed by atoms with Crippen molar-refractivity contribution in [3.05, 3.63) is 35.1 Å². The molecule has 1 nitrogen and oxygen atoms in total. The fraction of sp³-hybridized carbons (Fsp3) is 0.750. The highest BCUT2D eigenvalue weighted by Gasteiger charge is 2.33. The predicted molar refractivity (Wildman–Crippen MR) is 124 cm³/mol. The lowest BCUT2D eigenvalue weighted by Crippen LogP contribution is -2.29. The smallest absolute Gasteiger partial charge is 0.141 e. The molecule has 2 saturated carbocycles. The van der Waals surface area contributed by atoms with E-state index in [-0.39, 0.29) is 11.4 Å². The fourth-order valence-electron chi connectivity index (χ4n) is 6.42. The van der Waals surface area contributed by atoms with Crippen LogP contribution in [0.15, 0.2) is 18.2 Å². The van der Waals surface area contributed by atoms with Gasteiger partial charge in [-0.05, 0) is 91.7 Å². The van der Waals surface area contributed by atoms with Crippen molar-refractivity contribution in [3.63, 3.8) is 0 Å². The molecule has 2 heteroatoms. The molecule has 2 atom stereocenters. The first-order valence-electron chi connectivity index (χ1n) is 12.7. The van der Waals surface area contributed by atoms with Gasteiger partial charge in [0.1, 0.15) is 11.9 Å². The summed E-state index contributed by atoms with van der Waals surface area (Å²) in [5.74, 6) is 4.35. The Labute approximate surface area is 184 Å². The molecule has 2 unspecified atom stereocenters. The Kier molecular flexibility index (Phi) is 8.79. The van der Waals surface area contributed by atoms with Crippen LogP contribution < -0.4 is 0 Å². The zero-order valence-corrected chi connectivity index (χ0v) is 19.5. The maximum Gasteiger partial charge on any atom is 0.141 e. The molecule has 0 amide bonds. The summed E-state index contributed by atoms with van der Waals surface area (Å²) in [5, 5.41) is 8.96. The molecule has 0 aromatic heterocycles. The van der Waals surface area contributed by atoms with E-state index in [2.05, 4.69) is 20.8 Å². The van der Waals surface area contributed by atoms with Crippen molar-refractivity contribution in [2.45, 2.75) is 104 Å². The fourth-order valence-corrected chi connectivity index (χ4v) is 6.42. The van der Waals surface area contributed by atoms with Crippen molar-refractivity contribution >= 4 is 0 Å². The van der Waals surface area contributed by atoms with E-state index in [9.17, 15) is 4.39 Å². The molecule has 0 spiro atoms. The molecule has 1 aromatic carbocycles.